The number of methoxy groups -OCH3 is 1. The maximum absolute atomic E-state index is 5.77. The first-order valence-electron chi connectivity index (χ1n) is 9.71. The van der Waals surface area contributed by atoms with Crippen LogP contribution in [0.5, 0.6) is 5.75 Å². The molecule has 1 aliphatic rings. The third-order valence-corrected chi connectivity index (χ3v) is 5.60. The molecule has 29 heavy (non-hydrogen) atoms. The largest absolute Gasteiger partial charge is 0.497 e. The monoisotopic (exact) mass is 406 g/mol. The Hall–Kier alpha value is -2.86. The minimum absolute atomic E-state index is 0.00519. The lowest BCUT2D eigenvalue weighted by atomic mass is 9.98. The summed E-state index contributed by atoms with van der Waals surface area (Å²) in [5, 5.41) is 4.19. The van der Waals surface area contributed by atoms with Crippen molar-refractivity contribution in [3.8, 4) is 5.75 Å². The molecule has 0 saturated carbocycles. The van der Waals surface area contributed by atoms with Crippen LogP contribution in [-0.4, -0.2) is 21.8 Å². The number of anilines is 1. The van der Waals surface area contributed by atoms with Gasteiger partial charge < -0.3 is 19.5 Å². The molecule has 3 aromatic rings. The van der Waals surface area contributed by atoms with Gasteiger partial charge in [-0.1, -0.05) is 6.07 Å². The van der Waals surface area contributed by atoms with Crippen molar-refractivity contribution in [2.45, 2.75) is 38.4 Å². The highest BCUT2D eigenvalue weighted by molar-refractivity contribution is 7.80. The van der Waals surface area contributed by atoms with Gasteiger partial charge in [0.05, 0.1) is 24.9 Å². The molecule has 0 spiro atoms. The standard InChI is InChI=1S/C23H26N4OS/c1-23(2,3)26-14-12-16(15-26)21-20(19-7-5-6-13-24-19)25-22(29)27(21)17-8-10-18(28-4)11-9-17/h5-15,20-21H,1-4H3,(H,25,29)/t20-,21+/m1/s1. The van der Waals surface area contributed by atoms with Crippen LogP contribution in [0.25, 0.3) is 0 Å². The van der Waals surface area contributed by atoms with Gasteiger partial charge >= 0.3 is 0 Å². The fourth-order valence-electron chi connectivity index (χ4n) is 3.72. The van der Waals surface area contributed by atoms with Gasteiger partial charge in [-0.25, -0.2) is 0 Å². The number of nitrogens with one attached hydrogen (secondary N) is 1. The summed E-state index contributed by atoms with van der Waals surface area (Å²) in [5.74, 6) is 0.823. The van der Waals surface area contributed by atoms with Crippen molar-refractivity contribution < 1.29 is 4.74 Å². The molecular weight excluding hydrogens is 380 g/mol. The van der Waals surface area contributed by atoms with E-state index in [0.717, 1.165) is 17.1 Å². The molecule has 1 N–H and O–H groups in total. The van der Waals surface area contributed by atoms with Gasteiger partial charge in [0, 0.05) is 29.8 Å². The van der Waals surface area contributed by atoms with Gasteiger partial charge in [0.15, 0.2) is 5.11 Å². The molecule has 1 saturated heterocycles. The molecule has 0 bridgehead atoms. The molecule has 3 heterocycles. The number of benzene rings is 1. The Morgan fingerprint density at radius 3 is 2.41 bits per heavy atom. The number of aromatic nitrogens is 2. The number of rotatable bonds is 4. The van der Waals surface area contributed by atoms with Crippen LogP contribution in [-0.2, 0) is 5.54 Å². The first-order chi connectivity index (χ1) is 13.9. The van der Waals surface area contributed by atoms with Gasteiger partial charge in [-0.05, 0) is 81.0 Å². The van der Waals surface area contributed by atoms with Gasteiger partial charge in [-0.3, -0.25) is 4.98 Å². The van der Waals surface area contributed by atoms with E-state index >= 15 is 0 Å². The van der Waals surface area contributed by atoms with E-state index in [-0.39, 0.29) is 17.6 Å². The molecule has 1 aliphatic heterocycles. The Balaban J connectivity index is 1.80. The zero-order valence-electron chi connectivity index (χ0n) is 17.2. The Bertz CT molecular complexity index is 992. The summed E-state index contributed by atoms with van der Waals surface area (Å²) < 4.78 is 7.56. The zero-order chi connectivity index (χ0) is 20.6. The van der Waals surface area contributed by atoms with Crippen LogP contribution < -0.4 is 15.0 Å². The lowest BCUT2D eigenvalue weighted by molar-refractivity contribution is 0.397. The van der Waals surface area contributed by atoms with Crippen molar-refractivity contribution in [2.24, 2.45) is 0 Å². The molecular formula is C23H26N4OS. The average molecular weight is 407 g/mol. The highest BCUT2D eigenvalue weighted by Gasteiger charge is 2.41. The van der Waals surface area contributed by atoms with E-state index in [4.69, 9.17) is 17.0 Å². The topological polar surface area (TPSA) is 42.3 Å². The van der Waals surface area contributed by atoms with Crippen molar-refractivity contribution in [1.29, 1.82) is 0 Å². The summed E-state index contributed by atoms with van der Waals surface area (Å²) in [6.45, 7) is 6.60. The summed E-state index contributed by atoms with van der Waals surface area (Å²) in [5.41, 5.74) is 3.20. The second-order valence-corrected chi connectivity index (χ2v) is 8.60. The van der Waals surface area contributed by atoms with Gasteiger partial charge in [-0.2, -0.15) is 0 Å². The molecule has 1 aromatic carbocycles. The number of pyridine rings is 1. The SMILES string of the molecule is COc1ccc(N2C(=S)N[C@H](c3ccccn3)[C@@H]2c2ccn(C(C)(C)C)c2)cc1. The van der Waals surface area contributed by atoms with Crippen molar-refractivity contribution in [3.63, 3.8) is 0 Å². The zero-order valence-corrected chi connectivity index (χ0v) is 18.0. The van der Waals surface area contributed by atoms with Crippen LogP contribution in [0.1, 0.15) is 44.1 Å². The van der Waals surface area contributed by atoms with E-state index < -0.39 is 0 Å². The van der Waals surface area contributed by atoms with Crippen molar-refractivity contribution in [2.75, 3.05) is 12.0 Å². The van der Waals surface area contributed by atoms with E-state index in [2.05, 4.69) is 59.0 Å². The summed E-state index contributed by atoms with van der Waals surface area (Å²) in [7, 11) is 1.67. The number of thiocarbonyl (C=S) groups is 1. The van der Waals surface area contributed by atoms with Crippen LogP contribution in [0.3, 0.4) is 0 Å². The fourth-order valence-corrected chi connectivity index (χ4v) is 4.07. The first-order valence-corrected chi connectivity index (χ1v) is 10.1. The number of ether oxygens (including phenoxy) is 1. The molecule has 4 rings (SSSR count). The van der Waals surface area contributed by atoms with Crippen LogP contribution in [0.4, 0.5) is 5.69 Å². The van der Waals surface area contributed by atoms with Gasteiger partial charge in [-0.15, -0.1) is 0 Å². The summed E-state index contributed by atoms with van der Waals surface area (Å²) in [4.78, 5) is 6.78. The van der Waals surface area contributed by atoms with Crippen LogP contribution >= 0.6 is 12.2 Å². The number of hydrogen-bond acceptors (Lipinski definition) is 3. The maximum Gasteiger partial charge on any atom is 0.174 e. The summed E-state index contributed by atoms with van der Waals surface area (Å²) >= 11 is 5.77. The predicted octanol–water partition coefficient (Wildman–Crippen LogP) is 4.82. The first kappa shape index (κ1) is 19.5. The molecule has 0 amide bonds. The van der Waals surface area contributed by atoms with E-state index in [1.807, 2.05) is 48.7 Å². The normalized spacial score (nSPS) is 19.3. The third-order valence-electron chi connectivity index (χ3n) is 5.28. The molecule has 0 unspecified atom stereocenters. The van der Waals surface area contributed by atoms with Crippen molar-refractivity contribution >= 4 is 23.0 Å². The van der Waals surface area contributed by atoms with E-state index in [0.29, 0.717) is 5.11 Å². The molecule has 150 valence electrons. The third kappa shape index (κ3) is 3.72. The molecule has 1 fully saturated rings. The Labute approximate surface area is 177 Å². The highest BCUT2D eigenvalue weighted by Crippen LogP contribution is 2.42. The van der Waals surface area contributed by atoms with Gasteiger partial charge in [0.1, 0.15) is 5.75 Å². The minimum atomic E-state index is -0.0402. The number of hydrogen-bond donors (Lipinski definition) is 1. The van der Waals surface area contributed by atoms with E-state index in [1.54, 1.807) is 7.11 Å². The summed E-state index contributed by atoms with van der Waals surface area (Å²) in [6, 6.07) is 16.1. The van der Waals surface area contributed by atoms with Gasteiger partial charge in [0.2, 0.25) is 0 Å². The smallest absolute Gasteiger partial charge is 0.174 e. The second kappa shape index (κ2) is 7.52. The lowest BCUT2D eigenvalue weighted by Crippen LogP contribution is -2.29. The second-order valence-electron chi connectivity index (χ2n) is 8.22. The average Bonchev–Trinajstić information content (AvgIpc) is 3.33. The van der Waals surface area contributed by atoms with Crippen LogP contribution in [0.15, 0.2) is 67.1 Å². The molecule has 6 heteroatoms. The van der Waals surface area contributed by atoms with Crippen molar-refractivity contribution in [3.05, 3.63) is 78.4 Å². The predicted molar refractivity (Wildman–Crippen MR) is 120 cm³/mol. The molecule has 0 aliphatic carbocycles. The van der Waals surface area contributed by atoms with E-state index in [1.165, 1.54) is 5.56 Å². The van der Waals surface area contributed by atoms with Gasteiger partial charge in [0.25, 0.3) is 0 Å². The molecule has 5 nitrogen and oxygen atoms in total. The van der Waals surface area contributed by atoms with Crippen LogP contribution in [0.2, 0.25) is 0 Å². The minimum Gasteiger partial charge on any atom is -0.497 e. The Morgan fingerprint density at radius 2 is 1.83 bits per heavy atom. The Kier molecular flexibility index (Phi) is 5.04. The highest BCUT2D eigenvalue weighted by atomic mass is 32.1. The molecule has 2 aromatic heterocycles. The fraction of sp³-hybridized carbons (Fsp3) is 0.304. The van der Waals surface area contributed by atoms with Crippen molar-refractivity contribution in [1.82, 2.24) is 14.9 Å². The van der Waals surface area contributed by atoms with Crippen LogP contribution in [0, 0.1) is 0 Å². The quantitative estimate of drug-likeness (QED) is 0.629. The molecule has 2 atom stereocenters. The van der Waals surface area contributed by atoms with E-state index in [9.17, 15) is 0 Å². The maximum atomic E-state index is 5.77. The lowest BCUT2D eigenvalue weighted by Gasteiger charge is -2.28. The Morgan fingerprint density at radius 1 is 1.07 bits per heavy atom. The number of nitrogens with zero attached hydrogens (tertiary/aromatic N) is 3. The molecule has 0 radical (unpaired) electrons. The summed E-state index contributed by atoms with van der Waals surface area (Å²) in [6.07, 6.45) is 6.18.